The largest absolute Gasteiger partial charge is 0.490 e. The van der Waals surface area contributed by atoms with Gasteiger partial charge in [0.25, 0.3) is 0 Å². The predicted molar refractivity (Wildman–Crippen MR) is 127 cm³/mol. The lowest BCUT2D eigenvalue weighted by Gasteiger charge is -2.37. The Hall–Kier alpha value is -1.55. The van der Waals surface area contributed by atoms with Crippen molar-refractivity contribution < 1.29 is 14.3 Å². The lowest BCUT2D eigenvalue weighted by molar-refractivity contribution is -0.143. The van der Waals surface area contributed by atoms with E-state index in [0.717, 1.165) is 37.7 Å². The van der Waals surface area contributed by atoms with Crippen molar-refractivity contribution in [2.24, 2.45) is 11.3 Å². The summed E-state index contributed by atoms with van der Waals surface area (Å²) in [6.07, 6.45) is 9.10. The summed E-state index contributed by atoms with van der Waals surface area (Å²) in [5.74, 6) is 2.33. The molecule has 2 fully saturated rings. The summed E-state index contributed by atoms with van der Waals surface area (Å²) < 4.78 is 11.5. The highest BCUT2D eigenvalue weighted by molar-refractivity contribution is 5.69. The average molecular weight is 430 g/mol. The van der Waals surface area contributed by atoms with Crippen LogP contribution in [0.1, 0.15) is 90.5 Å². The number of benzene rings is 1. The molecule has 0 amide bonds. The standard InChI is InChI=1S/C27H43NO3/c1-5-30-26(29)12-8-18-28-17-7-10-22(20-28)21-9-6-11-25(19-21)31-24-15-13-23(14-16-24)27(2,3)4/h6,9,11,19,22-24H,5,7-8,10,12-18,20H2,1-4H3/t22?,23-,24-. The molecular weight excluding hydrogens is 386 g/mol. The van der Waals surface area contributed by atoms with Crippen LogP contribution in [0.25, 0.3) is 0 Å². The van der Waals surface area contributed by atoms with E-state index in [1.807, 2.05) is 6.92 Å². The van der Waals surface area contributed by atoms with Crippen molar-refractivity contribution in [3.8, 4) is 5.75 Å². The molecule has 31 heavy (non-hydrogen) atoms. The van der Waals surface area contributed by atoms with E-state index >= 15 is 0 Å². The van der Waals surface area contributed by atoms with Crippen LogP contribution in [0.2, 0.25) is 0 Å². The fourth-order valence-electron chi connectivity index (χ4n) is 5.29. The van der Waals surface area contributed by atoms with Crippen molar-refractivity contribution in [2.75, 3.05) is 26.2 Å². The Bertz CT molecular complexity index is 688. The van der Waals surface area contributed by atoms with Crippen molar-refractivity contribution in [1.82, 2.24) is 4.90 Å². The van der Waals surface area contributed by atoms with Crippen LogP contribution in [0.4, 0.5) is 0 Å². The number of ether oxygens (including phenoxy) is 2. The average Bonchev–Trinajstić information content (AvgIpc) is 2.74. The number of nitrogens with zero attached hydrogens (tertiary/aromatic N) is 1. The van der Waals surface area contributed by atoms with Crippen LogP contribution in [0, 0.1) is 11.3 Å². The summed E-state index contributed by atoms with van der Waals surface area (Å²) in [5, 5.41) is 0. The maximum atomic E-state index is 11.6. The van der Waals surface area contributed by atoms with E-state index in [2.05, 4.69) is 49.9 Å². The molecule has 1 saturated carbocycles. The van der Waals surface area contributed by atoms with Crippen molar-refractivity contribution in [3.05, 3.63) is 29.8 Å². The van der Waals surface area contributed by atoms with Gasteiger partial charge < -0.3 is 14.4 Å². The molecule has 174 valence electrons. The maximum absolute atomic E-state index is 11.6. The van der Waals surface area contributed by atoms with Gasteiger partial charge in [-0.25, -0.2) is 0 Å². The molecule has 1 heterocycles. The summed E-state index contributed by atoms with van der Waals surface area (Å²) in [6, 6.07) is 8.82. The minimum Gasteiger partial charge on any atom is -0.490 e. The van der Waals surface area contributed by atoms with Crippen LogP contribution in [-0.2, 0) is 9.53 Å². The number of rotatable bonds is 8. The molecule has 3 rings (SSSR count). The number of likely N-dealkylation sites (tertiary alicyclic amines) is 1. The molecule has 0 N–H and O–H groups in total. The summed E-state index contributed by atoms with van der Waals surface area (Å²) in [6.45, 7) is 12.6. The van der Waals surface area contributed by atoms with E-state index in [1.165, 1.54) is 44.1 Å². The first-order valence-corrected chi connectivity index (χ1v) is 12.5. The van der Waals surface area contributed by atoms with Gasteiger partial charge in [0.2, 0.25) is 0 Å². The molecule has 1 aliphatic carbocycles. The van der Waals surface area contributed by atoms with Gasteiger partial charge in [-0.3, -0.25) is 4.79 Å². The highest BCUT2D eigenvalue weighted by Gasteiger charge is 2.30. The number of piperidine rings is 1. The molecular formula is C27H43NO3. The number of hydrogen-bond acceptors (Lipinski definition) is 4. The van der Waals surface area contributed by atoms with Crippen molar-refractivity contribution in [3.63, 3.8) is 0 Å². The zero-order valence-corrected chi connectivity index (χ0v) is 20.2. The molecule has 1 aromatic carbocycles. The number of hydrogen-bond donors (Lipinski definition) is 0. The number of esters is 1. The van der Waals surface area contributed by atoms with Gasteiger partial charge in [0.15, 0.2) is 0 Å². The molecule has 4 nitrogen and oxygen atoms in total. The van der Waals surface area contributed by atoms with E-state index in [4.69, 9.17) is 9.47 Å². The third-order valence-corrected chi connectivity index (χ3v) is 7.20. The molecule has 1 saturated heterocycles. The zero-order chi connectivity index (χ0) is 22.3. The monoisotopic (exact) mass is 429 g/mol. The minimum atomic E-state index is -0.0718. The van der Waals surface area contributed by atoms with Crippen molar-refractivity contribution in [2.45, 2.75) is 91.1 Å². The minimum absolute atomic E-state index is 0.0718. The maximum Gasteiger partial charge on any atom is 0.305 e. The lowest BCUT2D eigenvalue weighted by atomic mass is 9.72. The van der Waals surface area contributed by atoms with Gasteiger partial charge in [-0.05, 0) is 99.9 Å². The highest BCUT2D eigenvalue weighted by atomic mass is 16.5. The fourth-order valence-corrected chi connectivity index (χ4v) is 5.29. The van der Waals surface area contributed by atoms with E-state index in [0.29, 0.717) is 30.5 Å². The van der Waals surface area contributed by atoms with E-state index in [9.17, 15) is 4.79 Å². The topological polar surface area (TPSA) is 38.8 Å². The highest BCUT2D eigenvalue weighted by Crippen LogP contribution is 2.39. The van der Waals surface area contributed by atoms with Gasteiger partial charge in [-0.1, -0.05) is 32.9 Å². The first-order valence-electron chi connectivity index (χ1n) is 12.5. The summed E-state index contributed by atoms with van der Waals surface area (Å²) in [7, 11) is 0. The first kappa shape index (κ1) is 24.1. The van der Waals surface area contributed by atoms with E-state index in [-0.39, 0.29) is 5.97 Å². The van der Waals surface area contributed by atoms with Crippen molar-refractivity contribution in [1.29, 1.82) is 0 Å². The van der Waals surface area contributed by atoms with E-state index in [1.54, 1.807) is 0 Å². The quantitative estimate of drug-likeness (QED) is 0.462. The van der Waals surface area contributed by atoms with Gasteiger partial charge in [0.05, 0.1) is 12.7 Å². The van der Waals surface area contributed by atoms with Crippen molar-refractivity contribution >= 4 is 5.97 Å². The Morgan fingerprint density at radius 2 is 1.90 bits per heavy atom. The Kier molecular flexibility index (Phi) is 8.83. The van der Waals surface area contributed by atoms with Gasteiger partial charge in [-0.2, -0.15) is 0 Å². The second kappa shape index (κ2) is 11.4. The van der Waals surface area contributed by atoms with Gasteiger partial charge >= 0.3 is 5.97 Å². The van der Waals surface area contributed by atoms with Crippen LogP contribution >= 0.6 is 0 Å². The Morgan fingerprint density at radius 3 is 2.61 bits per heavy atom. The van der Waals surface area contributed by atoms with Crippen LogP contribution in [0.5, 0.6) is 5.75 Å². The Morgan fingerprint density at radius 1 is 1.13 bits per heavy atom. The Balaban J connectivity index is 1.48. The molecule has 0 radical (unpaired) electrons. The number of carbonyl (C=O) groups excluding carboxylic acids is 1. The van der Waals surface area contributed by atoms with E-state index < -0.39 is 0 Å². The molecule has 0 aromatic heterocycles. The summed E-state index contributed by atoms with van der Waals surface area (Å²) >= 11 is 0. The van der Waals surface area contributed by atoms with Gasteiger partial charge in [0.1, 0.15) is 5.75 Å². The fraction of sp³-hybridized carbons (Fsp3) is 0.741. The molecule has 0 bridgehead atoms. The molecule has 2 aliphatic rings. The normalized spacial score (nSPS) is 25.2. The molecule has 1 unspecified atom stereocenters. The third-order valence-electron chi connectivity index (χ3n) is 7.20. The van der Waals surface area contributed by atoms with Crippen LogP contribution in [0.3, 0.4) is 0 Å². The second-order valence-electron chi connectivity index (χ2n) is 10.6. The summed E-state index contributed by atoms with van der Waals surface area (Å²) in [5.41, 5.74) is 1.81. The zero-order valence-electron chi connectivity index (χ0n) is 20.2. The summed E-state index contributed by atoms with van der Waals surface area (Å²) in [4.78, 5) is 14.1. The molecule has 1 aliphatic heterocycles. The Labute approximate surface area is 189 Å². The van der Waals surface area contributed by atoms with Gasteiger partial charge in [-0.15, -0.1) is 0 Å². The molecule has 1 aromatic rings. The predicted octanol–water partition coefficient (Wildman–Crippen LogP) is 6.19. The first-order chi connectivity index (χ1) is 14.8. The lowest BCUT2D eigenvalue weighted by Crippen LogP contribution is -2.35. The molecule has 4 heteroatoms. The smallest absolute Gasteiger partial charge is 0.305 e. The van der Waals surface area contributed by atoms with Crippen LogP contribution < -0.4 is 4.74 Å². The number of carbonyl (C=O) groups is 1. The third kappa shape index (κ3) is 7.52. The van der Waals surface area contributed by atoms with Gasteiger partial charge in [0, 0.05) is 13.0 Å². The van der Waals surface area contributed by atoms with Crippen LogP contribution in [0.15, 0.2) is 24.3 Å². The molecule has 0 spiro atoms. The second-order valence-corrected chi connectivity index (χ2v) is 10.6. The van der Waals surface area contributed by atoms with Crippen LogP contribution in [-0.4, -0.2) is 43.2 Å². The SMILES string of the molecule is CCOC(=O)CCCN1CCCC(c2cccc(O[C@H]3CC[C@H](C(C)(C)C)CC3)c2)C1. The molecule has 1 atom stereocenters.